The molecule has 1 N–H and O–H groups in total. The van der Waals surface area contributed by atoms with Gasteiger partial charge >= 0.3 is 0 Å². The molecule has 2 rings (SSSR count). The van der Waals surface area contributed by atoms with E-state index in [1.54, 1.807) is 0 Å². The number of nitrogens with zero attached hydrogens (tertiary/aromatic N) is 1. The van der Waals surface area contributed by atoms with E-state index < -0.39 is 0 Å². The van der Waals surface area contributed by atoms with Crippen LogP contribution in [-0.2, 0) is 0 Å². The molecule has 0 spiro atoms. The summed E-state index contributed by atoms with van der Waals surface area (Å²) in [4.78, 5) is 2.63. The van der Waals surface area contributed by atoms with Gasteiger partial charge in [0.05, 0.1) is 0 Å². The van der Waals surface area contributed by atoms with Crippen molar-refractivity contribution in [3.63, 3.8) is 0 Å². The Morgan fingerprint density at radius 2 is 2.00 bits per heavy atom. The lowest BCUT2D eigenvalue weighted by Gasteiger charge is -2.28. The van der Waals surface area contributed by atoms with Crippen LogP contribution in [0.4, 0.5) is 0 Å². The number of likely N-dealkylation sites (N-methyl/N-ethyl adjacent to an activating group) is 1. The molecule has 0 aromatic rings. The van der Waals surface area contributed by atoms with Crippen molar-refractivity contribution in [2.45, 2.75) is 51.6 Å². The lowest BCUT2D eigenvalue weighted by molar-refractivity contribution is 0.206. The second-order valence-electron chi connectivity index (χ2n) is 5.06. The van der Waals surface area contributed by atoms with Crippen molar-refractivity contribution in [2.24, 2.45) is 5.92 Å². The summed E-state index contributed by atoms with van der Waals surface area (Å²) in [5, 5.41) is 3.62. The van der Waals surface area contributed by atoms with E-state index in [1.165, 1.54) is 45.3 Å². The van der Waals surface area contributed by atoms with Crippen molar-refractivity contribution in [2.75, 3.05) is 19.6 Å². The minimum Gasteiger partial charge on any atom is -0.312 e. The van der Waals surface area contributed by atoms with Crippen LogP contribution in [0.2, 0.25) is 0 Å². The van der Waals surface area contributed by atoms with Gasteiger partial charge in [-0.2, -0.15) is 0 Å². The van der Waals surface area contributed by atoms with Crippen LogP contribution in [0.15, 0.2) is 0 Å². The lowest BCUT2D eigenvalue weighted by atomic mass is 10.2. The zero-order valence-electron chi connectivity index (χ0n) is 9.63. The summed E-state index contributed by atoms with van der Waals surface area (Å²) in [6.45, 7) is 8.39. The third-order valence-electron chi connectivity index (χ3n) is 3.50. The summed E-state index contributed by atoms with van der Waals surface area (Å²) in [6, 6.07) is 1.58. The Morgan fingerprint density at radius 1 is 1.29 bits per heavy atom. The predicted octanol–water partition coefficient (Wildman–Crippen LogP) is 1.86. The molecule has 2 heteroatoms. The second kappa shape index (κ2) is 4.63. The summed E-state index contributed by atoms with van der Waals surface area (Å²) in [7, 11) is 0. The van der Waals surface area contributed by atoms with Crippen molar-refractivity contribution in [1.29, 1.82) is 0 Å². The smallest absolute Gasteiger partial charge is 0.0192 e. The molecular weight excluding hydrogens is 172 g/mol. The normalized spacial score (nSPS) is 24.2. The monoisotopic (exact) mass is 196 g/mol. The fourth-order valence-electron chi connectivity index (χ4n) is 2.01. The molecule has 2 nitrogen and oxygen atoms in total. The molecule has 0 aromatic heterocycles. The van der Waals surface area contributed by atoms with Gasteiger partial charge < -0.3 is 5.32 Å². The number of rotatable bonds is 7. The molecule has 2 aliphatic rings. The van der Waals surface area contributed by atoms with Crippen LogP contribution in [0.1, 0.15) is 39.5 Å². The van der Waals surface area contributed by atoms with E-state index in [-0.39, 0.29) is 0 Å². The van der Waals surface area contributed by atoms with Gasteiger partial charge in [0, 0.05) is 25.2 Å². The number of hydrogen-bond donors (Lipinski definition) is 1. The minimum atomic E-state index is 0.723. The minimum absolute atomic E-state index is 0.723. The summed E-state index contributed by atoms with van der Waals surface area (Å²) < 4.78 is 0. The fraction of sp³-hybridized carbons (Fsp3) is 1.00. The third-order valence-corrected chi connectivity index (χ3v) is 3.50. The Balaban J connectivity index is 1.65. The van der Waals surface area contributed by atoms with Gasteiger partial charge in [0.25, 0.3) is 0 Å². The molecule has 82 valence electrons. The van der Waals surface area contributed by atoms with Gasteiger partial charge in [-0.05, 0) is 45.1 Å². The third kappa shape index (κ3) is 3.25. The van der Waals surface area contributed by atoms with Crippen LogP contribution in [-0.4, -0.2) is 36.6 Å². The quantitative estimate of drug-likeness (QED) is 0.668. The van der Waals surface area contributed by atoms with E-state index in [0.29, 0.717) is 0 Å². The van der Waals surface area contributed by atoms with Gasteiger partial charge in [0.2, 0.25) is 0 Å². The molecule has 2 saturated carbocycles. The van der Waals surface area contributed by atoms with Crippen LogP contribution in [0, 0.1) is 5.92 Å². The molecule has 0 aromatic carbocycles. The van der Waals surface area contributed by atoms with Crippen LogP contribution < -0.4 is 5.32 Å². The molecule has 2 aliphatic carbocycles. The summed E-state index contributed by atoms with van der Waals surface area (Å²) in [6.07, 6.45) is 5.75. The van der Waals surface area contributed by atoms with Crippen molar-refractivity contribution in [3.8, 4) is 0 Å². The molecule has 0 saturated heterocycles. The first kappa shape index (κ1) is 10.4. The van der Waals surface area contributed by atoms with Crippen LogP contribution >= 0.6 is 0 Å². The van der Waals surface area contributed by atoms with Gasteiger partial charge in [-0.3, -0.25) is 4.90 Å². The fourth-order valence-corrected chi connectivity index (χ4v) is 2.01. The van der Waals surface area contributed by atoms with E-state index in [1.807, 2.05) is 0 Å². The number of nitrogens with one attached hydrogen (secondary N) is 1. The molecule has 0 amide bonds. The lowest BCUT2D eigenvalue weighted by Crippen LogP contribution is -2.41. The van der Waals surface area contributed by atoms with E-state index in [0.717, 1.165) is 18.0 Å². The molecule has 0 bridgehead atoms. The molecular formula is C12H24N2. The first-order chi connectivity index (χ1) is 6.79. The molecule has 14 heavy (non-hydrogen) atoms. The summed E-state index contributed by atoms with van der Waals surface area (Å²) in [5.74, 6) is 1.03. The Morgan fingerprint density at radius 3 is 2.50 bits per heavy atom. The zero-order chi connectivity index (χ0) is 9.97. The maximum Gasteiger partial charge on any atom is 0.0192 e. The highest BCUT2D eigenvalue weighted by molar-refractivity contribution is 4.84. The van der Waals surface area contributed by atoms with Gasteiger partial charge in [0.1, 0.15) is 0 Å². The zero-order valence-corrected chi connectivity index (χ0v) is 9.63. The maximum atomic E-state index is 3.62. The summed E-state index contributed by atoms with van der Waals surface area (Å²) in [5.41, 5.74) is 0. The molecule has 2 fully saturated rings. The van der Waals surface area contributed by atoms with Gasteiger partial charge in [-0.1, -0.05) is 6.92 Å². The molecule has 0 radical (unpaired) electrons. The first-order valence-corrected chi connectivity index (χ1v) is 6.27. The van der Waals surface area contributed by atoms with E-state index in [2.05, 4.69) is 24.1 Å². The van der Waals surface area contributed by atoms with E-state index in [9.17, 15) is 0 Å². The Bertz CT molecular complexity index is 173. The molecule has 0 heterocycles. The maximum absolute atomic E-state index is 3.62. The Hall–Kier alpha value is -0.0800. The average Bonchev–Trinajstić information content (AvgIpc) is 3.02. The molecule has 1 unspecified atom stereocenters. The van der Waals surface area contributed by atoms with Crippen LogP contribution in [0.3, 0.4) is 0 Å². The van der Waals surface area contributed by atoms with Crippen LogP contribution in [0.5, 0.6) is 0 Å². The van der Waals surface area contributed by atoms with Crippen molar-refractivity contribution in [3.05, 3.63) is 0 Å². The summed E-state index contributed by atoms with van der Waals surface area (Å²) >= 11 is 0. The standard InChI is InChI=1S/C12H24N2/c1-3-14(9-11-4-5-11)10(2)8-13-12-6-7-12/h10-13H,3-9H2,1-2H3. The van der Waals surface area contributed by atoms with Crippen LogP contribution in [0.25, 0.3) is 0 Å². The SMILES string of the molecule is CCN(CC1CC1)C(C)CNC1CC1. The van der Waals surface area contributed by atoms with E-state index in [4.69, 9.17) is 0 Å². The number of hydrogen-bond acceptors (Lipinski definition) is 2. The molecule has 1 atom stereocenters. The van der Waals surface area contributed by atoms with Gasteiger partial charge in [-0.15, -0.1) is 0 Å². The highest BCUT2D eigenvalue weighted by Crippen LogP contribution is 2.30. The topological polar surface area (TPSA) is 15.3 Å². The Kier molecular flexibility index (Phi) is 3.45. The molecule has 0 aliphatic heterocycles. The van der Waals surface area contributed by atoms with E-state index >= 15 is 0 Å². The largest absolute Gasteiger partial charge is 0.312 e. The average molecular weight is 196 g/mol. The van der Waals surface area contributed by atoms with Gasteiger partial charge in [0.15, 0.2) is 0 Å². The van der Waals surface area contributed by atoms with Crippen molar-refractivity contribution >= 4 is 0 Å². The van der Waals surface area contributed by atoms with Gasteiger partial charge in [-0.25, -0.2) is 0 Å². The second-order valence-corrected chi connectivity index (χ2v) is 5.06. The first-order valence-electron chi connectivity index (χ1n) is 6.27. The van der Waals surface area contributed by atoms with Crippen molar-refractivity contribution < 1.29 is 0 Å². The predicted molar refractivity (Wildman–Crippen MR) is 60.5 cm³/mol. The van der Waals surface area contributed by atoms with Crippen molar-refractivity contribution in [1.82, 2.24) is 10.2 Å². The Labute approximate surface area is 88.1 Å². The highest BCUT2D eigenvalue weighted by atomic mass is 15.2. The highest BCUT2D eigenvalue weighted by Gasteiger charge is 2.27.